The molecule has 1 N–H and O–H groups in total. The third-order valence-electron chi connectivity index (χ3n) is 6.74. The maximum absolute atomic E-state index is 13.3. The van der Waals surface area contributed by atoms with Gasteiger partial charge >= 0.3 is 5.97 Å². The molecule has 1 unspecified atom stereocenters. The molecule has 1 aliphatic heterocycles. The van der Waals surface area contributed by atoms with Crippen LogP contribution in [0.3, 0.4) is 0 Å². The van der Waals surface area contributed by atoms with E-state index < -0.39 is 12.0 Å². The second-order valence-corrected chi connectivity index (χ2v) is 11.1. The standard InChI is InChI=1S/C32H33ClN4O4S/c1-5-39-27-17-23(15-16-26(27)41-18-22-13-11-20(3)12-14-22)29-28(30(38)40-6-2)21(4)34-31-35-32(36-37(29)31)42-19-24-9-7-8-10-25(24)33/h7-17,29H,5-6,18-19H2,1-4H3,(H,34,35,36). The summed E-state index contributed by atoms with van der Waals surface area (Å²) in [6, 6.07) is 21.0. The third-order valence-corrected chi connectivity index (χ3v) is 8.00. The van der Waals surface area contributed by atoms with Crippen LogP contribution in [0.1, 0.15) is 49.1 Å². The van der Waals surface area contributed by atoms with Gasteiger partial charge in [0.2, 0.25) is 11.1 Å². The van der Waals surface area contributed by atoms with E-state index in [0.29, 0.717) is 57.9 Å². The maximum Gasteiger partial charge on any atom is 0.338 e. The molecule has 1 aliphatic rings. The zero-order valence-corrected chi connectivity index (χ0v) is 25.6. The first kappa shape index (κ1) is 29.5. The number of halogens is 1. The Kier molecular flexibility index (Phi) is 9.39. The molecule has 0 spiro atoms. The lowest BCUT2D eigenvalue weighted by Gasteiger charge is -2.28. The molecule has 3 aromatic carbocycles. The number of aryl methyl sites for hydroxylation is 1. The van der Waals surface area contributed by atoms with Crippen molar-refractivity contribution in [1.29, 1.82) is 0 Å². The minimum absolute atomic E-state index is 0.251. The first-order valence-corrected chi connectivity index (χ1v) is 15.2. The van der Waals surface area contributed by atoms with Crippen molar-refractivity contribution in [2.75, 3.05) is 18.5 Å². The molecule has 0 fully saturated rings. The summed E-state index contributed by atoms with van der Waals surface area (Å²) >= 11 is 7.83. The smallest absolute Gasteiger partial charge is 0.338 e. The fourth-order valence-electron chi connectivity index (χ4n) is 4.66. The number of nitrogens with one attached hydrogen (secondary N) is 1. The molecule has 8 nitrogen and oxygen atoms in total. The lowest BCUT2D eigenvalue weighted by atomic mass is 9.95. The Bertz CT molecular complexity index is 1600. The first-order chi connectivity index (χ1) is 20.4. The Morgan fingerprint density at radius 1 is 1.00 bits per heavy atom. The van der Waals surface area contributed by atoms with Crippen molar-refractivity contribution in [2.24, 2.45) is 0 Å². The minimum Gasteiger partial charge on any atom is -0.490 e. The van der Waals surface area contributed by atoms with Gasteiger partial charge in [0.15, 0.2) is 11.5 Å². The minimum atomic E-state index is -0.590. The summed E-state index contributed by atoms with van der Waals surface area (Å²) in [5.41, 5.74) is 5.14. The highest BCUT2D eigenvalue weighted by atomic mass is 35.5. The molecule has 0 bridgehead atoms. The Morgan fingerprint density at radius 2 is 1.79 bits per heavy atom. The summed E-state index contributed by atoms with van der Waals surface area (Å²) in [6.07, 6.45) is 0. The molecule has 1 atom stereocenters. The Hall–Kier alpha value is -3.95. The maximum atomic E-state index is 13.3. The van der Waals surface area contributed by atoms with E-state index >= 15 is 0 Å². The molecule has 0 saturated carbocycles. The number of benzene rings is 3. The van der Waals surface area contributed by atoms with Crippen molar-refractivity contribution in [1.82, 2.24) is 14.8 Å². The molecule has 5 rings (SSSR count). The highest BCUT2D eigenvalue weighted by Gasteiger charge is 2.35. The Morgan fingerprint density at radius 3 is 2.52 bits per heavy atom. The van der Waals surface area contributed by atoms with Gasteiger partial charge in [0, 0.05) is 16.5 Å². The SMILES string of the molecule is CCOC(=O)C1=C(C)Nc2nc(SCc3ccccc3Cl)nn2C1c1ccc(OCc2ccc(C)cc2)c(OCC)c1. The summed E-state index contributed by atoms with van der Waals surface area (Å²) < 4.78 is 19.4. The number of esters is 1. The molecule has 0 amide bonds. The van der Waals surface area contributed by atoms with E-state index in [0.717, 1.165) is 16.7 Å². The van der Waals surface area contributed by atoms with E-state index in [1.165, 1.54) is 17.3 Å². The predicted octanol–water partition coefficient (Wildman–Crippen LogP) is 7.36. The van der Waals surface area contributed by atoms with Gasteiger partial charge in [0.1, 0.15) is 12.6 Å². The normalized spacial score (nSPS) is 14.3. The number of ether oxygens (including phenoxy) is 3. The van der Waals surface area contributed by atoms with Crippen molar-refractivity contribution >= 4 is 35.3 Å². The summed E-state index contributed by atoms with van der Waals surface area (Å²) in [4.78, 5) is 18.0. The topological polar surface area (TPSA) is 87.5 Å². The van der Waals surface area contributed by atoms with E-state index in [4.69, 9.17) is 35.9 Å². The quantitative estimate of drug-likeness (QED) is 0.140. The van der Waals surface area contributed by atoms with Crippen LogP contribution in [-0.4, -0.2) is 33.9 Å². The van der Waals surface area contributed by atoms with E-state index in [1.807, 2.05) is 68.4 Å². The van der Waals surface area contributed by atoms with Crippen LogP contribution < -0.4 is 14.8 Å². The van der Waals surface area contributed by atoms with E-state index in [1.54, 1.807) is 11.6 Å². The number of thioether (sulfide) groups is 1. The fraction of sp³-hybridized carbons (Fsp3) is 0.281. The highest BCUT2D eigenvalue weighted by Crippen LogP contribution is 2.40. The van der Waals surface area contributed by atoms with Gasteiger partial charge in [-0.05, 0) is 62.6 Å². The lowest BCUT2D eigenvalue weighted by molar-refractivity contribution is -0.139. The van der Waals surface area contributed by atoms with E-state index in [9.17, 15) is 4.79 Å². The average Bonchev–Trinajstić information content (AvgIpc) is 3.38. The molecule has 0 saturated heterocycles. The third kappa shape index (κ3) is 6.58. The average molecular weight is 605 g/mol. The van der Waals surface area contributed by atoms with Crippen LogP contribution >= 0.6 is 23.4 Å². The van der Waals surface area contributed by atoms with Crippen LogP contribution in [0.25, 0.3) is 0 Å². The number of anilines is 1. The van der Waals surface area contributed by atoms with Crippen molar-refractivity contribution in [3.8, 4) is 11.5 Å². The number of fused-ring (bicyclic) bond motifs is 1. The summed E-state index contributed by atoms with van der Waals surface area (Å²) in [5.74, 6) is 1.91. The summed E-state index contributed by atoms with van der Waals surface area (Å²) in [7, 11) is 0. The number of rotatable bonds is 11. The van der Waals surface area contributed by atoms with Gasteiger partial charge in [0.25, 0.3) is 0 Å². The largest absolute Gasteiger partial charge is 0.490 e. The zero-order valence-electron chi connectivity index (χ0n) is 24.0. The van der Waals surface area contributed by atoms with Gasteiger partial charge in [-0.3, -0.25) is 0 Å². The zero-order chi connectivity index (χ0) is 29.6. The number of hydrogen-bond acceptors (Lipinski definition) is 8. The van der Waals surface area contributed by atoms with Gasteiger partial charge in [-0.25, -0.2) is 9.48 Å². The fourth-order valence-corrected chi connectivity index (χ4v) is 5.77. The molecule has 2 heterocycles. The van der Waals surface area contributed by atoms with Crippen molar-refractivity contribution < 1.29 is 19.0 Å². The lowest BCUT2D eigenvalue weighted by Crippen LogP contribution is -2.29. The molecular formula is C32H33ClN4O4S. The number of hydrogen-bond donors (Lipinski definition) is 1. The van der Waals surface area contributed by atoms with Gasteiger partial charge in [-0.15, -0.1) is 5.10 Å². The van der Waals surface area contributed by atoms with Crippen LogP contribution in [0.4, 0.5) is 5.95 Å². The van der Waals surface area contributed by atoms with Crippen LogP contribution in [-0.2, 0) is 21.9 Å². The number of nitrogens with zero attached hydrogens (tertiary/aromatic N) is 3. The molecule has 0 aliphatic carbocycles. The van der Waals surface area contributed by atoms with Crippen LogP contribution in [0.2, 0.25) is 5.02 Å². The molecule has 4 aromatic rings. The summed E-state index contributed by atoms with van der Waals surface area (Å²) in [6.45, 7) is 8.72. The van der Waals surface area contributed by atoms with Crippen LogP contribution in [0.5, 0.6) is 11.5 Å². The van der Waals surface area contributed by atoms with E-state index in [2.05, 4.69) is 24.4 Å². The molecule has 10 heteroatoms. The first-order valence-electron chi connectivity index (χ1n) is 13.8. The van der Waals surface area contributed by atoms with Gasteiger partial charge in [-0.2, -0.15) is 4.98 Å². The monoisotopic (exact) mass is 604 g/mol. The molecule has 1 aromatic heterocycles. The number of carbonyl (C=O) groups excluding carboxylic acids is 1. The Balaban J connectivity index is 1.48. The summed E-state index contributed by atoms with van der Waals surface area (Å²) in [5, 5.41) is 9.31. The number of aromatic nitrogens is 3. The van der Waals surface area contributed by atoms with Crippen molar-refractivity contribution in [3.63, 3.8) is 0 Å². The van der Waals surface area contributed by atoms with Gasteiger partial charge in [-0.1, -0.05) is 77.5 Å². The second kappa shape index (κ2) is 13.4. The molecular weight excluding hydrogens is 572 g/mol. The number of carbonyl (C=O) groups is 1. The van der Waals surface area contributed by atoms with Crippen molar-refractivity contribution in [3.05, 3.63) is 105 Å². The van der Waals surface area contributed by atoms with E-state index in [-0.39, 0.29) is 6.61 Å². The predicted molar refractivity (Wildman–Crippen MR) is 165 cm³/mol. The molecule has 42 heavy (non-hydrogen) atoms. The van der Waals surface area contributed by atoms with Crippen LogP contribution in [0.15, 0.2) is 83.2 Å². The van der Waals surface area contributed by atoms with Crippen molar-refractivity contribution in [2.45, 2.75) is 51.3 Å². The second-order valence-electron chi connectivity index (χ2n) is 9.74. The number of allylic oxidation sites excluding steroid dienone is 1. The molecule has 0 radical (unpaired) electrons. The molecule has 218 valence electrons. The Labute approximate surface area is 255 Å². The van der Waals surface area contributed by atoms with Crippen LogP contribution in [0, 0.1) is 6.92 Å². The van der Waals surface area contributed by atoms with Gasteiger partial charge in [0.05, 0.1) is 18.8 Å². The highest BCUT2D eigenvalue weighted by molar-refractivity contribution is 7.98. The van der Waals surface area contributed by atoms with Gasteiger partial charge < -0.3 is 19.5 Å².